The Morgan fingerprint density at radius 1 is 1.38 bits per heavy atom. The fraction of sp³-hybridized carbons (Fsp3) is 0.125. The normalized spacial score (nSPS) is 9.92. The molecule has 0 amide bonds. The molecule has 0 radical (unpaired) electrons. The Bertz CT molecular complexity index is 352. The van der Waals surface area contributed by atoms with Gasteiger partial charge in [-0.15, -0.1) is 0 Å². The van der Waals surface area contributed by atoms with Crippen molar-refractivity contribution in [1.82, 2.24) is 0 Å². The molecule has 0 spiro atoms. The molecule has 4 nitrogen and oxygen atoms in total. The first-order chi connectivity index (χ1) is 6.00. The topological polar surface area (TPSA) is 90.3 Å². The van der Waals surface area contributed by atoms with E-state index in [1.165, 1.54) is 12.1 Å². The number of hydrogen-bond donors (Lipinski definition) is 4. The fourth-order valence-electron chi connectivity index (χ4n) is 0.891. The van der Waals surface area contributed by atoms with E-state index in [9.17, 15) is 0 Å². The smallest absolute Gasteiger partial charge is 0.158 e. The molecule has 0 bridgehead atoms. The Balaban J connectivity index is 3.08. The second-order valence-corrected chi connectivity index (χ2v) is 3.66. The Morgan fingerprint density at radius 2 is 1.92 bits per heavy atom. The molecule has 0 aliphatic rings. The summed E-state index contributed by atoms with van der Waals surface area (Å²) in [4.78, 5) is 0.669. The molecule has 5 N–H and O–H groups in total. The summed E-state index contributed by atoms with van der Waals surface area (Å²) in [6.45, 7) is 1.77. The van der Waals surface area contributed by atoms with Crippen LogP contribution >= 0.6 is 11.8 Å². The lowest BCUT2D eigenvalue weighted by molar-refractivity contribution is 0.402. The number of nitrogens with two attached hydrogens (primary N) is 1. The fourth-order valence-corrected chi connectivity index (χ4v) is 1.52. The summed E-state index contributed by atoms with van der Waals surface area (Å²) in [6, 6.07) is 2.82. The maximum absolute atomic E-state index is 9.16. The number of aromatic hydroxyl groups is 2. The highest BCUT2D eigenvalue weighted by molar-refractivity contribution is 8.13. The van der Waals surface area contributed by atoms with Crippen LogP contribution in [-0.4, -0.2) is 15.4 Å². The summed E-state index contributed by atoms with van der Waals surface area (Å²) in [7, 11) is 0. The van der Waals surface area contributed by atoms with Gasteiger partial charge in [-0.3, -0.25) is 5.41 Å². The minimum Gasteiger partial charge on any atom is -0.504 e. The van der Waals surface area contributed by atoms with Gasteiger partial charge in [0.05, 0.1) is 0 Å². The Labute approximate surface area is 79.9 Å². The molecule has 0 saturated carbocycles. The van der Waals surface area contributed by atoms with E-state index in [2.05, 4.69) is 0 Å². The molecule has 0 saturated heterocycles. The second-order valence-electron chi connectivity index (χ2n) is 2.57. The predicted octanol–water partition coefficient (Wildman–Crippen LogP) is 1.39. The number of nitrogens with one attached hydrogen (secondary N) is 1. The lowest BCUT2D eigenvalue weighted by Gasteiger charge is -2.05. The standard InChI is InChI=1S/C8H10N2O2S/c1-4-2-5(11)6(12)3-7(4)13-8(9)10/h2-3,11-12H,1H3,(H3,9,10). The van der Waals surface area contributed by atoms with Gasteiger partial charge in [0.15, 0.2) is 16.7 Å². The third kappa shape index (κ3) is 2.29. The number of benzene rings is 1. The third-order valence-corrected chi connectivity index (χ3v) is 2.37. The van der Waals surface area contributed by atoms with Gasteiger partial charge in [-0.05, 0) is 24.6 Å². The molecule has 0 aromatic heterocycles. The number of rotatable bonds is 1. The van der Waals surface area contributed by atoms with Crippen LogP contribution in [0.25, 0.3) is 0 Å². The van der Waals surface area contributed by atoms with Crippen molar-refractivity contribution < 1.29 is 10.2 Å². The molecular formula is C8H10N2O2S. The van der Waals surface area contributed by atoms with Crippen LogP contribution in [0.5, 0.6) is 11.5 Å². The highest BCUT2D eigenvalue weighted by Crippen LogP contribution is 2.32. The first kappa shape index (κ1) is 9.73. The van der Waals surface area contributed by atoms with Crippen molar-refractivity contribution >= 4 is 16.9 Å². The van der Waals surface area contributed by atoms with E-state index in [0.29, 0.717) is 4.90 Å². The van der Waals surface area contributed by atoms with Crippen LogP contribution < -0.4 is 5.73 Å². The van der Waals surface area contributed by atoms with Gasteiger partial charge in [0.25, 0.3) is 0 Å². The zero-order valence-corrected chi connectivity index (χ0v) is 7.85. The monoisotopic (exact) mass is 198 g/mol. The Morgan fingerprint density at radius 3 is 2.46 bits per heavy atom. The quantitative estimate of drug-likeness (QED) is 0.237. The molecule has 1 aromatic carbocycles. The van der Waals surface area contributed by atoms with Crippen molar-refractivity contribution in [3.8, 4) is 11.5 Å². The highest BCUT2D eigenvalue weighted by atomic mass is 32.2. The summed E-state index contributed by atoms with van der Waals surface area (Å²) in [5.74, 6) is -0.361. The molecule has 0 aliphatic carbocycles. The molecule has 0 fully saturated rings. The van der Waals surface area contributed by atoms with Crippen molar-refractivity contribution in [2.45, 2.75) is 11.8 Å². The number of amidine groups is 1. The summed E-state index contributed by atoms with van der Waals surface area (Å²) in [5, 5.41) is 25.3. The first-order valence-corrected chi connectivity index (χ1v) is 4.37. The van der Waals surface area contributed by atoms with Crippen LogP contribution in [0.3, 0.4) is 0 Å². The first-order valence-electron chi connectivity index (χ1n) is 3.55. The molecule has 13 heavy (non-hydrogen) atoms. The molecule has 1 aromatic rings. The van der Waals surface area contributed by atoms with E-state index in [4.69, 9.17) is 21.4 Å². The van der Waals surface area contributed by atoms with Crippen LogP contribution in [0.2, 0.25) is 0 Å². The molecule has 70 valence electrons. The van der Waals surface area contributed by atoms with Crippen molar-refractivity contribution in [1.29, 1.82) is 5.41 Å². The Kier molecular flexibility index (Phi) is 2.67. The molecule has 0 heterocycles. The summed E-state index contributed by atoms with van der Waals surface area (Å²) >= 11 is 1.04. The lowest BCUT2D eigenvalue weighted by Crippen LogP contribution is -2.03. The molecule has 5 heteroatoms. The van der Waals surface area contributed by atoms with Crippen molar-refractivity contribution in [3.05, 3.63) is 17.7 Å². The van der Waals surface area contributed by atoms with E-state index in [1.54, 1.807) is 6.92 Å². The van der Waals surface area contributed by atoms with Crippen LogP contribution in [0.1, 0.15) is 5.56 Å². The maximum atomic E-state index is 9.16. The van der Waals surface area contributed by atoms with Crippen molar-refractivity contribution in [3.63, 3.8) is 0 Å². The number of aryl methyl sites for hydroxylation is 1. The largest absolute Gasteiger partial charge is 0.504 e. The second kappa shape index (κ2) is 3.57. The average Bonchev–Trinajstić information content (AvgIpc) is 1.99. The summed E-state index contributed by atoms with van der Waals surface area (Å²) in [5.41, 5.74) is 5.96. The van der Waals surface area contributed by atoms with E-state index < -0.39 is 0 Å². The summed E-state index contributed by atoms with van der Waals surface area (Å²) < 4.78 is 0. The van der Waals surface area contributed by atoms with Crippen LogP contribution in [0.15, 0.2) is 17.0 Å². The molecular weight excluding hydrogens is 188 g/mol. The maximum Gasteiger partial charge on any atom is 0.158 e. The molecule has 0 aliphatic heterocycles. The highest BCUT2D eigenvalue weighted by Gasteiger charge is 2.06. The third-order valence-electron chi connectivity index (χ3n) is 1.49. The van der Waals surface area contributed by atoms with Gasteiger partial charge in [-0.25, -0.2) is 0 Å². The lowest BCUT2D eigenvalue weighted by atomic mass is 10.2. The molecule has 0 atom stereocenters. The van der Waals surface area contributed by atoms with E-state index in [1.807, 2.05) is 0 Å². The average molecular weight is 198 g/mol. The Hall–Kier alpha value is -1.36. The van der Waals surface area contributed by atoms with Crippen molar-refractivity contribution in [2.24, 2.45) is 5.73 Å². The van der Waals surface area contributed by atoms with Crippen LogP contribution in [0, 0.1) is 12.3 Å². The van der Waals surface area contributed by atoms with Gasteiger partial charge in [0.2, 0.25) is 0 Å². The molecule has 1 rings (SSSR count). The van der Waals surface area contributed by atoms with E-state index in [0.717, 1.165) is 17.3 Å². The van der Waals surface area contributed by atoms with Crippen LogP contribution in [-0.2, 0) is 0 Å². The number of phenols is 2. The predicted molar refractivity (Wildman–Crippen MR) is 52.3 cm³/mol. The number of thioether (sulfide) groups is 1. The zero-order chi connectivity index (χ0) is 10.0. The van der Waals surface area contributed by atoms with Crippen LogP contribution in [0.4, 0.5) is 0 Å². The van der Waals surface area contributed by atoms with Crippen molar-refractivity contribution in [2.75, 3.05) is 0 Å². The van der Waals surface area contributed by atoms with E-state index >= 15 is 0 Å². The van der Waals surface area contributed by atoms with E-state index in [-0.39, 0.29) is 16.7 Å². The molecule has 0 unspecified atom stereocenters. The minimum atomic E-state index is -0.200. The van der Waals surface area contributed by atoms with Gasteiger partial charge >= 0.3 is 0 Å². The SMILES string of the molecule is Cc1cc(O)c(O)cc1SC(=N)N. The minimum absolute atomic E-state index is 0.0480. The summed E-state index contributed by atoms with van der Waals surface area (Å²) in [6.07, 6.45) is 0. The van der Waals surface area contributed by atoms with Gasteiger partial charge in [0.1, 0.15) is 0 Å². The van der Waals surface area contributed by atoms with Gasteiger partial charge < -0.3 is 15.9 Å². The number of phenolic OH excluding ortho intramolecular Hbond substituents is 2. The zero-order valence-electron chi connectivity index (χ0n) is 7.03. The van der Waals surface area contributed by atoms with Gasteiger partial charge in [-0.2, -0.15) is 0 Å². The van der Waals surface area contributed by atoms with Gasteiger partial charge in [0, 0.05) is 4.90 Å². The van der Waals surface area contributed by atoms with Gasteiger partial charge in [-0.1, -0.05) is 11.8 Å². The number of hydrogen-bond acceptors (Lipinski definition) is 4.